The summed E-state index contributed by atoms with van der Waals surface area (Å²) in [5.74, 6) is 0.770. The largest absolute Gasteiger partial charge is 0.370 e. The van der Waals surface area contributed by atoms with Crippen molar-refractivity contribution in [2.75, 3.05) is 26.3 Å². The van der Waals surface area contributed by atoms with Crippen molar-refractivity contribution in [3.8, 4) is 5.69 Å². The van der Waals surface area contributed by atoms with Gasteiger partial charge in [-0.15, -0.1) is 5.10 Å². The molecule has 1 atom stereocenters. The molecule has 0 radical (unpaired) electrons. The van der Waals surface area contributed by atoms with E-state index in [0.29, 0.717) is 10.0 Å². The number of nitrogens with one attached hydrogen (secondary N) is 1. The van der Waals surface area contributed by atoms with E-state index in [4.69, 9.17) is 27.9 Å². The number of tetrazole rings is 1. The van der Waals surface area contributed by atoms with Gasteiger partial charge in [0.05, 0.1) is 18.9 Å². The van der Waals surface area contributed by atoms with Crippen molar-refractivity contribution in [2.24, 2.45) is 0 Å². The Labute approximate surface area is 161 Å². The van der Waals surface area contributed by atoms with Crippen molar-refractivity contribution in [2.45, 2.75) is 6.04 Å². The van der Waals surface area contributed by atoms with Gasteiger partial charge in [0.1, 0.15) is 13.1 Å². The Morgan fingerprint density at radius 1 is 1.00 bits per heavy atom. The summed E-state index contributed by atoms with van der Waals surface area (Å²) in [6, 6.07) is 15.4. The second kappa shape index (κ2) is 7.72. The lowest BCUT2D eigenvalue weighted by atomic mass is 10.0. The maximum absolute atomic E-state index is 6.16. The minimum atomic E-state index is -0.0230. The molecule has 0 spiro atoms. The Bertz CT molecular complexity index is 877. The molecule has 3 aromatic rings. The predicted octanol–water partition coefficient (Wildman–Crippen LogP) is 1.97. The van der Waals surface area contributed by atoms with E-state index in [2.05, 4.69) is 15.5 Å². The number of nitrogens with zero attached hydrogens (tertiary/aromatic N) is 4. The van der Waals surface area contributed by atoms with Crippen molar-refractivity contribution >= 4 is 23.2 Å². The fourth-order valence-electron chi connectivity index (χ4n) is 3.31. The number of benzene rings is 2. The third-order valence-corrected chi connectivity index (χ3v) is 5.04. The molecule has 1 N–H and O–H groups in total. The van der Waals surface area contributed by atoms with Gasteiger partial charge in [-0.3, -0.25) is 0 Å². The number of rotatable bonds is 4. The highest BCUT2D eigenvalue weighted by Crippen LogP contribution is 2.23. The molecule has 0 saturated carbocycles. The van der Waals surface area contributed by atoms with Gasteiger partial charge in [0.25, 0.3) is 0 Å². The van der Waals surface area contributed by atoms with Crippen LogP contribution in [-0.4, -0.2) is 46.5 Å². The molecular weight excluding hydrogens is 373 g/mol. The number of ether oxygens (including phenoxy) is 1. The third kappa shape index (κ3) is 3.59. The number of morpholine rings is 1. The Balaban J connectivity index is 1.79. The standard InChI is InChI=1S/C18H17Cl2N5O/c19-14-6-4-13(5-7-14)17(24-8-10-26-11-9-24)18-21-22-23-25(18)16-3-1-2-15(20)12-16/h1-7,12,17H,8-11H2/p+1/t17-/m0/s1. The van der Waals surface area contributed by atoms with E-state index in [9.17, 15) is 0 Å². The molecule has 2 aromatic carbocycles. The molecular formula is C18H18Cl2N5O+. The van der Waals surface area contributed by atoms with E-state index in [1.165, 1.54) is 4.90 Å². The summed E-state index contributed by atoms with van der Waals surface area (Å²) >= 11 is 12.2. The van der Waals surface area contributed by atoms with Gasteiger partial charge in [0.2, 0.25) is 5.82 Å². The minimum absolute atomic E-state index is 0.0230. The SMILES string of the molecule is Clc1ccc([C@@H](c2nnnn2-c2cccc(Cl)c2)[NH+]2CCOCC2)cc1. The average Bonchev–Trinajstić information content (AvgIpc) is 3.14. The summed E-state index contributed by atoms with van der Waals surface area (Å²) in [5.41, 5.74) is 1.95. The number of hydrogen-bond donors (Lipinski definition) is 1. The Kier molecular flexibility index (Phi) is 5.17. The van der Waals surface area contributed by atoms with Crippen LogP contribution in [0.5, 0.6) is 0 Å². The highest BCUT2D eigenvalue weighted by atomic mass is 35.5. The molecule has 6 nitrogen and oxygen atoms in total. The molecule has 2 heterocycles. The van der Waals surface area contributed by atoms with Crippen LogP contribution in [0.1, 0.15) is 17.4 Å². The maximum atomic E-state index is 6.16. The lowest BCUT2D eigenvalue weighted by Crippen LogP contribution is -3.14. The Morgan fingerprint density at radius 3 is 2.50 bits per heavy atom. The minimum Gasteiger partial charge on any atom is -0.370 e. The molecule has 134 valence electrons. The first-order valence-electron chi connectivity index (χ1n) is 8.44. The van der Waals surface area contributed by atoms with Gasteiger partial charge in [-0.1, -0.05) is 41.4 Å². The van der Waals surface area contributed by atoms with Gasteiger partial charge in [-0.2, -0.15) is 4.68 Å². The second-order valence-corrected chi connectivity index (χ2v) is 7.06. The summed E-state index contributed by atoms with van der Waals surface area (Å²) in [6.45, 7) is 3.21. The van der Waals surface area contributed by atoms with Crippen LogP contribution < -0.4 is 4.90 Å². The zero-order valence-electron chi connectivity index (χ0n) is 14.0. The summed E-state index contributed by atoms with van der Waals surface area (Å²) in [5, 5.41) is 13.9. The average molecular weight is 391 g/mol. The van der Waals surface area contributed by atoms with Gasteiger partial charge in [-0.25, -0.2) is 0 Å². The fourth-order valence-corrected chi connectivity index (χ4v) is 3.62. The van der Waals surface area contributed by atoms with E-state index in [1.54, 1.807) is 4.68 Å². The van der Waals surface area contributed by atoms with Crippen LogP contribution in [0.2, 0.25) is 10.0 Å². The molecule has 26 heavy (non-hydrogen) atoms. The first-order valence-corrected chi connectivity index (χ1v) is 9.20. The first kappa shape index (κ1) is 17.4. The van der Waals surface area contributed by atoms with Crippen molar-refractivity contribution in [1.82, 2.24) is 20.2 Å². The van der Waals surface area contributed by atoms with Gasteiger partial charge in [0.15, 0.2) is 6.04 Å². The first-order chi connectivity index (χ1) is 12.7. The molecule has 4 rings (SSSR count). The van der Waals surface area contributed by atoms with Crippen molar-refractivity contribution in [3.05, 3.63) is 70.0 Å². The Morgan fingerprint density at radius 2 is 1.77 bits per heavy atom. The number of halogens is 2. The lowest BCUT2D eigenvalue weighted by molar-refractivity contribution is -0.933. The monoisotopic (exact) mass is 390 g/mol. The lowest BCUT2D eigenvalue weighted by Gasteiger charge is -2.31. The number of aromatic nitrogens is 4. The smallest absolute Gasteiger partial charge is 0.218 e. The van der Waals surface area contributed by atoms with E-state index < -0.39 is 0 Å². The quantitative estimate of drug-likeness (QED) is 0.739. The van der Waals surface area contributed by atoms with Crippen LogP contribution in [0, 0.1) is 0 Å². The molecule has 1 aliphatic rings. The van der Waals surface area contributed by atoms with Crippen molar-refractivity contribution in [1.29, 1.82) is 0 Å². The van der Waals surface area contributed by atoms with Gasteiger partial charge >= 0.3 is 0 Å². The molecule has 0 unspecified atom stereocenters. The molecule has 1 aliphatic heterocycles. The van der Waals surface area contributed by atoms with Gasteiger partial charge in [0, 0.05) is 15.6 Å². The second-order valence-electron chi connectivity index (χ2n) is 6.18. The van der Waals surface area contributed by atoms with Crippen LogP contribution in [-0.2, 0) is 4.74 Å². The number of quaternary nitrogens is 1. The summed E-state index contributed by atoms with van der Waals surface area (Å²) in [6.07, 6.45) is 0. The van der Waals surface area contributed by atoms with E-state index in [1.807, 2.05) is 48.5 Å². The van der Waals surface area contributed by atoms with Crippen molar-refractivity contribution < 1.29 is 9.64 Å². The highest BCUT2D eigenvalue weighted by Gasteiger charge is 2.33. The van der Waals surface area contributed by atoms with Crippen LogP contribution in [0.4, 0.5) is 0 Å². The summed E-state index contributed by atoms with van der Waals surface area (Å²) in [4.78, 5) is 1.36. The molecule has 0 aliphatic carbocycles. The predicted molar refractivity (Wildman–Crippen MR) is 99.0 cm³/mol. The third-order valence-electron chi connectivity index (χ3n) is 4.55. The fraction of sp³-hybridized carbons (Fsp3) is 0.278. The van der Waals surface area contributed by atoms with E-state index in [0.717, 1.165) is 43.4 Å². The molecule has 0 bridgehead atoms. The maximum Gasteiger partial charge on any atom is 0.218 e. The normalized spacial score (nSPS) is 16.5. The van der Waals surface area contributed by atoms with E-state index in [-0.39, 0.29) is 6.04 Å². The van der Waals surface area contributed by atoms with Crippen LogP contribution in [0.3, 0.4) is 0 Å². The van der Waals surface area contributed by atoms with Crippen LogP contribution in [0.15, 0.2) is 48.5 Å². The van der Waals surface area contributed by atoms with Crippen LogP contribution in [0.25, 0.3) is 5.69 Å². The van der Waals surface area contributed by atoms with Crippen molar-refractivity contribution in [3.63, 3.8) is 0 Å². The molecule has 0 amide bonds. The van der Waals surface area contributed by atoms with E-state index >= 15 is 0 Å². The Hall–Kier alpha value is -1.99. The molecule has 1 saturated heterocycles. The summed E-state index contributed by atoms with van der Waals surface area (Å²) in [7, 11) is 0. The van der Waals surface area contributed by atoms with Gasteiger partial charge in [-0.05, 0) is 40.8 Å². The molecule has 1 fully saturated rings. The zero-order valence-corrected chi connectivity index (χ0v) is 15.5. The highest BCUT2D eigenvalue weighted by molar-refractivity contribution is 6.30. The summed E-state index contributed by atoms with van der Waals surface area (Å²) < 4.78 is 7.29. The molecule has 1 aromatic heterocycles. The topological polar surface area (TPSA) is 57.3 Å². The zero-order chi connectivity index (χ0) is 17.9. The van der Waals surface area contributed by atoms with Gasteiger partial charge < -0.3 is 9.64 Å². The van der Waals surface area contributed by atoms with Crippen LogP contribution >= 0.6 is 23.2 Å². The molecule has 8 heteroatoms. The number of hydrogen-bond acceptors (Lipinski definition) is 4.